The van der Waals surface area contributed by atoms with Crippen molar-refractivity contribution in [3.63, 3.8) is 0 Å². The minimum Gasteiger partial charge on any atom is -0.431 e. The molecule has 0 aliphatic heterocycles. The molecule has 5 nitrogen and oxygen atoms in total. The predicted molar refractivity (Wildman–Crippen MR) is 103 cm³/mol. The summed E-state index contributed by atoms with van der Waals surface area (Å²) < 4.78 is 11.8. The van der Waals surface area contributed by atoms with Crippen LogP contribution in [0.4, 0.5) is 0 Å². The highest BCUT2D eigenvalue weighted by molar-refractivity contribution is 7.98. The van der Waals surface area contributed by atoms with Gasteiger partial charge in [-0.1, -0.05) is 72.4 Å². The first kappa shape index (κ1) is 16.3. The molecule has 0 unspecified atom stereocenters. The van der Waals surface area contributed by atoms with Crippen molar-refractivity contribution >= 4 is 11.8 Å². The van der Waals surface area contributed by atoms with E-state index >= 15 is 0 Å². The van der Waals surface area contributed by atoms with E-state index in [0.717, 1.165) is 41.3 Å². The van der Waals surface area contributed by atoms with E-state index in [-0.39, 0.29) is 0 Å². The third-order valence-electron chi connectivity index (χ3n) is 4.42. The Morgan fingerprint density at radius 3 is 2.26 bits per heavy atom. The molecule has 1 saturated carbocycles. The minimum absolute atomic E-state index is 0.465. The van der Waals surface area contributed by atoms with Gasteiger partial charge in [0.2, 0.25) is 11.8 Å². The van der Waals surface area contributed by atoms with Gasteiger partial charge in [0.05, 0.1) is 5.75 Å². The number of thioether (sulfide) groups is 1. The van der Waals surface area contributed by atoms with Gasteiger partial charge in [-0.05, 0) is 12.8 Å². The molecule has 2 aromatic heterocycles. The summed E-state index contributed by atoms with van der Waals surface area (Å²) in [5.74, 6) is 3.15. The van der Waals surface area contributed by atoms with Crippen molar-refractivity contribution in [2.45, 2.75) is 29.7 Å². The van der Waals surface area contributed by atoms with E-state index in [2.05, 4.69) is 10.2 Å². The highest BCUT2D eigenvalue weighted by Gasteiger charge is 2.29. The molecule has 1 fully saturated rings. The Morgan fingerprint density at radius 2 is 1.56 bits per heavy atom. The highest BCUT2D eigenvalue weighted by atomic mass is 32.2. The Hall–Kier alpha value is -2.86. The highest BCUT2D eigenvalue weighted by Crippen LogP contribution is 2.40. The second-order valence-electron chi connectivity index (χ2n) is 6.49. The smallest absolute Gasteiger partial charge is 0.257 e. The SMILES string of the molecule is c1ccc(-c2nc(SCc3nnc(C4CC4)o3)oc2-c2ccccc2)cc1. The van der Waals surface area contributed by atoms with E-state index in [1.165, 1.54) is 11.8 Å². The van der Waals surface area contributed by atoms with Crippen molar-refractivity contribution in [1.29, 1.82) is 0 Å². The Balaban J connectivity index is 1.43. The molecule has 2 heterocycles. The van der Waals surface area contributed by atoms with Crippen LogP contribution < -0.4 is 0 Å². The van der Waals surface area contributed by atoms with Crippen LogP contribution in [0.25, 0.3) is 22.6 Å². The lowest BCUT2D eigenvalue weighted by molar-refractivity contribution is 0.457. The molecular formula is C21H17N3O2S. The number of hydrogen-bond donors (Lipinski definition) is 0. The summed E-state index contributed by atoms with van der Waals surface area (Å²) in [5, 5.41) is 8.85. The van der Waals surface area contributed by atoms with E-state index < -0.39 is 0 Å². The fourth-order valence-corrected chi connectivity index (χ4v) is 3.54. The number of rotatable bonds is 6. The number of benzene rings is 2. The molecule has 1 aliphatic rings. The number of nitrogens with zero attached hydrogens (tertiary/aromatic N) is 3. The van der Waals surface area contributed by atoms with Gasteiger partial charge in [0, 0.05) is 17.0 Å². The molecule has 1 aliphatic carbocycles. The lowest BCUT2D eigenvalue weighted by Crippen LogP contribution is -1.82. The molecule has 5 rings (SSSR count). The Bertz CT molecular complexity index is 983. The van der Waals surface area contributed by atoms with Crippen LogP contribution in [-0.2, 0) is 5.75 Å². The maximum atomic E-state index is 6.11. The van der Waals surface area contributed by atoms with Crippen LogP contribution in [0.15, 0.2) is 74.7 Å². The summed E-state index contributed by atoms with van der Waals surface area (Å²) in [6.07, 6.45) is 2.30. The molecule has 27 heavy (non-hydrogen) atoms. The molecule has 0 spiro atoms. The van der Waals surface area contributed by atoms with Crippen LogP contribution in [0.2, 0.25) is 0 Å². The van der Waals surface area contributed by atoms with Gasteiger partial charge in [-0.25, -0.2) is 4.98 Å². The average Bonchev–Trinajstić information content (AvgIpc) is 3.31. The first-order chi connectivity index (χ1) is 13.4. The maximum absolute atomic E-state index is 6.11. The van der Waals surface area contributed by atoms with Crippen LogP contribution in [0.3, 0.4) is 0 Å². The van der Waals surface area contributed by atoms with Crippen LogP contribution in [0, 0.1) is 0 Å². The number of oxazole rings is 1. The number of hydrogen-bond acceptors (Lipinski definition) is 6. The molecule has 2 aromatic carbocycles. The lowest BCUT2D eigenvalue weighted by atomic mass is 10.1. The van der Waals surface area contributed by atoms with Gasteiger partial charge in [0.25, 0.3) is 5.22 Å². The monoisotopic (exact) mass is 375 g/mol. The standard InChI is InChI=1S/C21H17N3O2S/c1-3-7-14(8-4-1)18-19(15-9-5-2-6-10-15)26-21(22-18)27-13-17-23-24-20(25-17)16-11-12-16/h1-10,16H,11-13H2. The molecule has 4 aromatic rings. The van der Waals surface area contributed by atoms with E-state index in [1.807, 2.05) is 60.7 Å². The second kappa shape index (κ2) is 7.04. The zero-order valence-corrected chi connectivity index (χ0v) is 15.4. The van der Waals surface area contributed by atoms with Gasteiger partial charge in [-0.2, -0.15) is 0 Å². The normalized spacial score (nSPS) is 13.8. The van der Waals surface area contributed by atoms with Gasteiger partial charge in [-0.3, -0.25) is 0 Å². The van der Waals surface area contributed by atoms with Crippen molar-refractivity contribution in [3.8, 4) is 22.6 Å². The van der Waals surface area contributed by atoms with Gasteiger partial charge < -0.3 is 8.83 Å². The van der Waals surface area contributed by atoms with Crippen LogP contribution in [0.5, 0.6) is 0 Å². The Kier molecular flexibility index (Phi) is 4.26. The van der Waals surface area contributed by atoms with Crippen molar-refractivity contribution in [3.05, 3.63) is 72.4 Å². The third kappa shape index (κ3) is 3.53. The van der Waals surface area contributed by atoms with E-state index in [1.54, 1.807) is 0 Å². The third-order valence-corrected chi connectivity index (χ3v) is 5.23. The van der Waals surface area contributed by atoms with Gasteiger partial charge in [0.1, 0.15) is 5.69 Å². The quantitative estimate of drug-likeness (QED) is 0.411. The van der Waals surface area contributed by atoms with E-state index in [9.17, 15) is 0 Å². The van der Waals surface area contributed by atoms with Gasteiger partial charge in [-0.15, -0.1) is 10.2 Å². The Morgan fingerprint density at radius 1 is 0.852 bits per heavy atom. The molecule has 0 bridgehead atoms. The van der Waals surface area contributed by atoms with Crippen molar-refractivity contribution in [2.75, 3.05) is 0 Å². The maximum Gasteiger partial charge on any atom is 0.257 e. The topological polar surface area (TPSA) is 65.0 Å². The van der Waals surface area contributed by atoms with Crippen LogP contribution in [0.1, 0.15) is 30.5 Å². The summed E-state index contributed by atoms with van der Waals surface area (Å²) in [6, 6.07) is 20.1. The van der Waals surface area contributed by atoms with Gasteiger partial charge >= 0.3 is 0 Å². The minimum atomic E-state index is 0.465. The molecule has 0 amide bonds. The molecule has 0 radical (unpaired) electrons. The Labute approximate surface area is 160 Å². The summed E-state index contributed by atoms with van der Waals surface area (Å²) in [6.45, 7) is 0. The van der Waals surface area contributed by atoms with Crippen molar-refractivity contribution in [1.82, 2.24) is 15.2 Å². The summed E-state index contributed by atoms with van der Waals surface area (Å²) >= 11 is 1.47. The van der Waals surface area contributed by atoms with Crippen molar-refractivity contribution in [2.24, 2.45) is 0 Å². The van der Waals surface area contributed by atoms with E-state index in [4.69, 9.17) is 13.8 Å². The molecule has 0 N–H and O–H groups in total. The van der Waals surface area contributed by atoms with Crippen LogP contribution >= 0.6 is 11.8 Å². The first-order valence-corrected chi connectivity index (χ1v) is 9.92. The van der Waals surface area contributed by atoms with Gasteiger partial charge in [0.15, 0.2) is 5.76 Å². The molecule has 0 atom stereocenters. The summed E-state index contributed by atoms with van der Waals surface area (Å²) in [4.78, 5) is 4.73. The zero-order valence-electron chi connectivity index (χ0n) is 14.5. The molecule has 6 heteroatoms. The lowest BCUT2D eigenvalue weighted by Gasteiger charge is -2.00. The average molecular weight is 375 g/mol. The van der Waals surface area contributed by atoms with Crippen molar-refractivity contribution < 1.29 is 8.83 Å². The second-order valence-corrected chi connectivity index (χ2v) is 7.41. The summed E-state index contributed by atoms with van der Waals surface area (Å²) in [7, 11) is 0. The molecular weight excluding hydrogens is 358 g/mol. The van der Waals surface area contributed by atoms with Crippen LogP contribution in [-0.4, -0.2) is 15.2 Å². The molecule has 134 valence electrons. The summed E-state index contributed by atoms with van der Waals surface area (Å²) in [5.41, 5.74) is 2.87. The fraction of sp³-hybridized carbons (Fsp3) is 0.190. The predicted octanol–water partition coefficient (Wildman–Crippen LogP) is 5.56. The zero-order chi connectivity index (χ0) is 18.1. The largest absolute Gasteiger partial charge is 0.431 e. The first-order valence-electron chi connectivity index (χ1n) is 8.93. The number of aromatic nitrogens is 3. The molecule has 0 saturated heterocycles. The fourth-order valence-electron chi connectivity index (χ4n) is 2.88. The van der Waals surface area contributed by atoms with E-state index in [0.29, 0.717) is 22.8 Å².